The minimum atomic E-state index is -1.07. The van der Waals surface area contributed by atoms with Gasteiger partial charge in [0.1, 0.15) is 5.54 Å². The summed E-state index contributed by atoms with van der Waals surface area (Å²) in [6, 6.07) is 5.50. The Kier molecular flexibility index (Phi) is 4.21. The molecule has 0 aromatic heterocycles. The Morgan fingerprint density at radius 3 is 2.71 bits per heavy atom. The standard InChI is InChI=1S/C16H22N2O3/c1-4-16(14(19)20)8-5-9-18(16)15(21)17-13-10-11(2)6-7-12(13)3/h6-7,10H,4-5,8-9H2,1-3H3,(H,17,21)(H,19,20). The van der Waals surface area contributed by atoms with Crippen molar-refractivity contribution in [3.05, 3.63) is 29.3 Å². The maximum absolute atomic E-state index is 12.5. The van der Waals surface area contributed by atoms with E-state index in [9.17, 15) is 14.7 Å². The van der Waals surface area contributed by atoms with E-state index in [1.54, 1.807) is 0 Å². The molecule has 2 rings (SSSR count). The first kappa shape index (κ1) is 15.4. The van der Waals surface area contributed by atoms with Gasteiger partial charge in [0.15, 0.2) is 0 Å². The predicted octanol–water partition coefficient (Wildman–Crippen LogP) is 3.16. The topological polar surface area (TPSA) is 69.6 Å². The third kappa shape index (κ3) is 2.73. The van der Waals surface area contributed by atoms with Gasteiger partial charge in [0.25, 0.3) is 0 Å². The molecular formula is C16H22N2O3. The first-order valence-corrected chi connectivity index (χ1v) is 7.30. The van der Waals surface area contributed by atoms with Crippen LogP contribution in [-0.4, -0.2) is 34.1 Å². The molecule has 5 nitrogen and oxygen atoms in total. The molecule has 2 N–H and O–H groups in total. The van der Waals surface area contributed by atoms with Gasteiger partial charge in [-0.2, -0.15) is 0 Å². The highest BCUT2D eigenvalue weighted by Crippen LogP contribution is 2.33. The molecule has 1 aromatic rings. The van der Waals surface area contributed by atoms with Gasteiger partial charge in [0.2, 0.25) is 0 Å². The molecule has 0 radical (unpaired) electrons. The average molecular weight is 290 g/mol. The van der Waals surface area contributed by atoms with Crippen LogP contribution in [0.3, 0.4) is 0 Å². The van der Waals surface area contributed by atoms with Crippen LogP contribution in [0, 0.1) is 13.8 Å². The van der Waals surface area contributed by atoms with Gasteiger partial charge < -0.3 is 15.3 Å². The number of nitrogens with one attached hydrogen (secondary N) is 1. The van der Waals surface area contributed by atoms with Crippen LogP contribution in [0.2, 0.25) is 0 Å². The van der Waals surface area contributed by atoms with Gasteiger partial charge in [-0.1, -0.05) is 19.1 Å². The van der Waals surface area contributed by atoms with Gasteiger partial charge >= 0.3 is 12.0 Å². The van der Waals surface area contributed by atoms with E-state index >= 15 is 0 Å². The number of hydrogen-bond acceptors (Lipinski definition) is 2. The molecule has 21 heavy (non-hydrogen) atoms. The van der Waals surface area contributed by atoms with E-state index in [0.29, 0.717) is 19.4 Å². The molecule has 0 spiro atoms. The zero-order valence-corrected chi connectivity index (χ0v) is 12.8. The second-order valence-corrected chi connectivity index (χ2v) is 5.69. The van der Waals surface area contributed by atoms with Crippen molar-refractivity contribution < 1.29 is 14.7 Å². The first-order valence-electron chi connectivity index (χ1n) is 7.30. The van der Waals surface area contributed by atoms with Gasteiger partial charge in [-0.15, -0.1) is 0 Å². The van der Waals surface area contributed by atoms with Crippen LogP contribution in [0.4, 0.5) is 10.5 Å². The van der Waals surface area contributed by atoms with Crippen LogP contribution >= 0.6 is 0 Å². The van der Waals surface area contributed by atoms with Gasteiger partial charge in [-0.05, 0) is 50.3 Å². The fourth-order valence-electron chi connectivity index (χ4n) is 2.97. The zero-order valence-electron chi connectivity index (χ0n) is 12.8. The van der Waals surface area contributed by atoms with Crippen LogP contribution in [0.1, 0.15) is 37.3 Å². The minimum Gasteiger partial charge on any atom is -0.479 e. The highest BCUT2D eigenvalue weighted by Gasteiger charge is 2.48. The monoisotopic (exact) mass is 290 g/mol. The maximum atomic E-state index is 12.5. The number of carbonyl (C=O) groups excluding carboxylic acids is 1. The summed E-state index contributed by atoms with van der Waals surface area (Å²) in [5, 5.41) is 12.4. The number of carboxylic acids is 1. The van der Waals surface area contributed by atoms with Crippen LogP contribution in [0.5, 0.6) is 0 Å². The van der Waals surface area contributed by atoms with Crippen molar-refractivity contribution >= 4 is 17.7 Å². The molecule has 1 unspecified atom stereocenters. The molecule has 1 atom stereocenters. The van der Waals surface area contributed by atoms with E-state index < -0.39 is 11.5 Å². The zero-order chi connectivity index (χ0) is 15.6. The molecule has 1 aliphatic rings. The predicted molar refractivity (Wildman–Crippen MR) is 81.5 cm³/mol. The summed E-state index contributed by atoms with van der Waals surface area (Å²) in [7, 11) is 0. The molecule has 114 valence electrons. The van der Waals surface area contributed by atoms with Crippen molar-refractivity contribution in [3.8, 4) is 0 Å². The van der Waals surface area contributed by atoms with E-state index in [0.717, 1.165) is 23.2 Å². The second kappa shape index (κ2) is 5.76. The number of anilines is 1. The number of hydrogen-bond donors (Lipinski definition) is 2. The van der Waals surface area contributed by atoms with Crippen LogP contribution in [0.15, 0.2) is 18.2 Å². The number of carboxylic acid groups (broad SMARTS) is 1. The fourth-order valence-corrected chi connectivity index (χ4v) is 2.97. The Morgan fingerprint density at radius 1 is 1.38 bits per heavy atom. The Morgan fingerprint density at radius 2 is 2.10 bits per heavy atom. The number of amides is 2. The normalized spacial score (nSPS) is 21.4. The number of urea groups is 1. The summed E-state index contributed by atoms with van der Waals surface area (Å²) >= 11 is 0. The fraction of sp³-hybridized carbons (Fsp3) is 0.500. The lowest BCUT2D eigenvalue weighted by Crippen LogP contribution is -2.54. The summed E-state index contributed by atoms with van der Waals surface area (Å²) in [5.41, 5.74) is 1.69. The van der Waals surface area contributed by atoms with Gasteiger partial charge in [0.05, 0.1) is 0 Å². The maximum Gasteiger partial charge on any atom is 0.329 e. The number of likely N-dealkylation sites (tertiary alicyclic amines) is 1. The smallest absolute Gasteiger partial charge is 0.329 e. The number of benzene rings is 1. The third-order valence-corrected chi connectivity index (χ3v) is 4.35. The number of nitrogens with zero attached hydrogens (tertiary/aromatic N) is 1. The minimum absolute atomic E-state index is 0.328. The number of carbonyl (C=O) groups is 2. The highest BCUT2D eigenvalue weighted by molar-refractivity contribution is 5.95. The summed E-state index contributed by atoms with van der Waals surface area (Å²) in [6.45, 7) is 6.18. The lowest BCUT2D eigenvalue weighted by atomic mass is 9.93. The van der Waals surface area contributed by atoms with Gasteiger partial charge in [-0.25, -0.2) is 9.59 Å². The molecule has 0 saturated carbocycles. The molecule has 1 aliphatic heterocycles. The molecule has 1 heterocycles. The Balaban J connectivity index is 2.23. The Labute approximate surface area is 125 Å². The summed E-state index contributed by atoms with van der Waals surface area (Å²) in [5.74, 6) is -0.918. The average Bonchev–Trinajstić information content (AvgIpc) is 2.88. The van der Waals surface area contributed by atoms with E-state index in [-0.39, 0.29) is 6.03 Å². The molecule has 2 amide bonds. The lowest BCUT2D eigenvalue weighted by molar-refractivity contribution is -0.148. The summed E-state index contributed by atoms with van der Waals surface area (Å²) < 4.78 is 0. The summed E-state index contributed by atoms with van der Waals surface area (Å²) in [4.78, 5) is 25.6. The lowest BCUT2D eigenvalue weighted by Gasteiger charge is -2.34. The van der Waals surface area contributed by atoms with Gasteiger partial charge in [0, 0.05) is 12.2 Å². The van der Waals surface area contributed by atoms with Gasteiger partial charge in [-0.3, -0.25) is 0 Å². The molecule has 0 aliphatic carbocycles. The van der Waals surface area contributed by atoms with Crippen molar-refractivity contribution in [3.63, 3.8) is 0 Å². The quantitative estimate of drug-likeness (QED) is 0.898. The van der Waals surface area contributed by atoms with E-state index in [2.05, 4.69) is 5.32 Å². The molecule has 5 heteroatoms. The molecule has 1 fully saturated rings. The molecular weight excluding hydrogens is 268 g/mol. The Bertz CT molecular complexity index is 571. The van der Waals surface area contributed by atoms with E-state index in [1.165, 1.54) is 4.90 Å². The van der Waals surface area contributed by atoms with Crippen LogP contribution in [0.25, 0.3) is 0 Å². The van der Waals surface area contributed by atoms with Crippen molar-refractivity contribution in [2.24, 2.45) is 0 Å². The largest absolute Gasteiger partial charge is 0.479 e. The number of aliphatic carboxylic acids is 1. The van der Waals surface area contributed by atoms with Crippen molar-refractivity contribution in [2.75, 3.05) is 11.9 Å². The number of rotatable bonds is 3. The highest BCUT2D eigenvalue weighted by atomic mass is 16.4. The van der Waals surface area contributed by atoms with Crippen molar-refractivity contribution in [2.45, 2.75) is 45.6 Å². The second-order valence-electron chi connectivity index (χ2n) is 5.69. The summed E-state index contributed by atoms with van der Waals surface area (Å²) in [6.07, 6.45) is 1.65. The van der Waals surface area contributed by atoms with Crippen molar-refractivity contribution in [1.82, 2.24) is 4.90 Å². The van der Waals surface area contributed by atoms with E-state index in [1.807, 2.05) is 39.0 Å². The third-order valence-electron chi connectivity index (χ3n) is 4.35. The SMILES string of the molecule is CCC1(C(=O)O)CCCN1C(=O)Nc1cc(C)ccc1C. The molecule has 1 saturated heterocycles. The molecule has 0 bridgehead atoms. The first-order chi connectivity index (χ1) is 9.90. The van der Waals surface area contributed by atoms with Crippen LogP contribution < -0.4 is 5.32 Å². The van der Waals surface area contributed by atoms with Crippen LogP contribution in [-0.2, 0) is 4.79 Å². The van der Waals surface area contributed by atoms with E-state index in [4.69, 9.17) is 0 Å². The van der Waals surface area contributed by atoms with Crippen molar-refractivity contribution in [1.29, 1.82) is 0 Å². The molecule has 1 aromatic carbocycles. The number of aryl methyl sites for hydroxylation is 2. The Hall–Kier alpha value is -2.04.